The Morgan fingerprint density at radius 2 is 1.62 bits per heavy atom. The van der Waals surface area contributed by atoms with Gasteiger partial charge in [-0.3, -0.25) is 4.90 Å². The average molecular weight is 521 g/mol. The predicted molar refractivity (Wildman–Crippen MR) is 150 cm³/mol. The monoisotopic (exact) mass is 520 g/mol. The van der Waals surface area contributed by atoms with E-state index in [0.717, 1.165) is 42.9 Å². The summed E-state index contributed by atoms with van der Waals surface area (Å²) in [5, 5.41) is 10.8. The number of ether oxygens (including phenoxy) is 1. The van der Waals surface area contributed by atoms with Crippen molar-refractivity contribution in [1.29, 1.82) is 0 Å². The Morgan fingerprint density at radius 3 is 2.44 bits per heavy atom. The second-order valence-electron chi connectivity index (χ2n) is 10.3. The van der Waals surface area contributed by atoms with Gasteiger partial charge in [0.25, 0.3) is 0 Å². The van der Waals surface area contributed by atoms with Gasteiger partial charge < -0.3 is 19.7 Å². The van der Waals surface area contributed by atoms with Gasteiger partial charge in [-0.25, -0.2) is 9.37 Å². The van der Waals surface area contributed by atoms with Crippen molar-refractivity contribution in [3.8, 4) is 16.9 Å². The van der Waals surface area contributed by atoms with Gasteiger partial charge in [0.1, 0.15) is 17.4 Å². The number of anilines is 1. The summed E-state index contributed by atoms with van der Waals surface area (Å²) >= 11 is 0. The van der Waals surface area contributed by atoms with Crippen molar-refractivity contribution in [1.82, 2.24) is 14.9 Å². The van der Waals surface area contributed by atoms with Crippen molar-refractivity contribution in [3.05, 3.63) is 113 Å². The second-order valence-corrected chi connectivity index (χ2v) is 10.3. The summed E-state index contributed by atoms with van der Waals surface area (Å²) in [7, 11) is 0. The first-order valence-electron chi connectivity index (χ1n) is 13.3. The van der Waals surface area contributed by atoms with Crippen molar-refractivity contribution in [2.24, 2.45) is 0 Å². The molecule has 196 valence electrons. The molecule has 2 aliphatic rings. The highest BCUT2D eigenvalue weighted by atomic mass is 19.1. The molecule has 1 fully saturated rings. The van der Waals surface area contributed by atoms with Crippen LogP contribution in [-0.4, -0.2) is 46.3 Å². The summed E-state index contributed by atoms with van der Waals surface area (Å²) in [5.41, 5.74) is 8.25. The van der Waals surface area contributed by atoms with E-state index in [1.165, 1.54) is 40.6 Å². The number of fused-ring (bicyclic) bond motifs is 2. The molecule has 0 amide bonds. The number of imidazole rings is 1. The molecule has 1 atom stereocenters. The lowest BCUT2D eigenvalue weighted by Gasteiger charge is -2.28. The molecule has 39 heavy (non-hydrogen) atoms. The van der Waals surface area contributed by atoms with E-state index in [2.05, 4.69) is 57.2 Å². The van der Waals surface area contributed by atoms with Crippen molar-refractivity contribution in [2.75, 3.05) is 31.2 Å². The summed E-state index contributed by atoms with van der Waals surface area (Å²) in [5.74, 6) is 0.353. The summed E-state index contributed by atoms with van der Waals surface area (Å²) in [6, 6.07) is 26.8. The molecule has 0 bridgehead atoms. The molecule has 0 aliphatic carbocycles. The number of hydrogen-bond donors (Lipinski definition) is 2. The molecule has 0 saturated carbocycles. The van der Waals surface area contributed by atoms with Gasteiger partial charge in [-0.05, 0) is 70.8 Å². The van der Waals surface area contributed by atoms with Crippen LogP contribution in [0.1, 0.15) is 28.6 Å². The third kappa shape index (κ3) is 4.54. The topological polar surface area (TPSA) is 64.6 Å². The van der Waals surface area contributed by atoms with E-state index in [1.54, 1.807) is 0 Å². The minimum Gasteiger partial charge on any atom is -0.508 e. The Balaban J connectivity index is 1.20. The van der Waals surface area contributed by atoms with Gasteiger partial charge in [0.05, 0.1) is 30.3 Å². The van der Waals surface area contributed by atoms with E-state index >= 15 is 0 Å². The second kappa shape index (κ2) is 9.84. The van der Waals surface area contributed by atoms with E-state index in [-0.39, 0.29) is 11.6 Å². The van der Waals surface area contributed by atoms with Crippen molar-refractivity contribution >= 4 is 16.7 Å². The number of morpholine rings is 1. The number of phenolic OH excluding ortho intramolecular Hbond substituents is 1. The van der Waals surface area contributed by atoms with Crippen molar-refractivity contribution in [2.45, 2.75) is 19.1 Å². The van der Waals surface area contributed by atoms with Gasteiger partial charge in [0.15, 0.2) is 0 Å². The quantitative estimate of drug-likeness (QED) is 0.297. The maximum atomic E-state index is 14.4. The molecular weight excluding hydrogens is 491 g/mol. The van der Waals surface area contributed by atoms with Crippen LogP contribution in [-0.2, 0) is 17.8 Å². The van der Waals surface area contributed by atoms with Crippen LogP contribution in [0.4, 0.5) is 10.1 Å². The number of aromatic amines is 1. The lowest BCUT2D eigenvalue weighted by atomic mass is 10.0. The van der Waals surface area contributed by atoms with Crippen LogP contribution in [0.25, 0.3) is 22.2 Å². The van der Waals surface area contributed by atoms with Gasteiger partial charge in [-0.1, -0.05) is 36.4 Å². The molecule has 2 aliphatic heterocycles. The van der Waals surface area contributed by atoms with E-state index in [4.69, 9.17) is 9.72 Å². The Kier molecular flexibility index (Phi) is 6.02. The maximum Gasteiger partial charge on any atom is 0.129 e. The molecule has 7 rings (SSSR count). The normalized spacial score (nSPS) is 16.5. The third-order valence-corrected chi connectivity index (χ3v) is 7.85. The molecular formula is C32H29FN4O2. The molecule has 7 heteroatoms. The zero-order valence-electron chi connectivity index (χ0n) is 21.5. The zero-order chi connectivity index (χ0) is 26.3. The van der Waals surface area contributed by atoms with E-state index in [0.29, 0.717) is 24.5 Å². The number of nitrogens with zero attached hydrogens (tertiary/aromatic N) is 3. The highest BCUT2D eigenvalue weighted by molar-refractivity contribution is 5.75. The average Bonchev–Trinajstić information content (AvgIpc) is 3.59. The number of benzene rings is 4. The maximum absolute atomic E-state index is 14.4. The number of nitrogens with one attached hydrogen (secondary N) is 1. The van der Waals surface area contributed by atoms with Crippen molar-refractivity contribution < 1.29 is 14.2 Å². The lowest BCUT2D eigenvalue weighted by Crippen LogP contribution is -2.36. The summed E-state index contributed by atoms with van der Waals surface area (Å²) in [6.45, 7) is 4.70. The number of rotatable bonds is 5. The van der Waals surface area contributed by atoms with Gasteiger partial charge in [-0.2, -0.15) is 0 Å². The Morgan fingerprint density at radius 1 is 0.846 bits per heavy atom. The van der Waals surface area contributed by atoms with Crippen LogP contribution in [0.3, 0.4) is 0 Å². The molecule has 0 radical (unpaired) electrons. The fraction of sp³-hybridized carbons (Fsp3) is 0.219. The van der Waals surface area contributed by atoms with E-state index in [1.807, 2.05) is 24.3 Å². The molecule has 4 aromatic carbocycles. The summed E-state index contributed by atoms with van der Waals surface area (Å²) in [4.78, 5) is 12.8. The molecule has 2 N–H and O–H groups in total. The number of aromatic nitrogens is 2. The van der Waals surface area contributed by atoms with Gasteiger partial charge in [-0.15, -0.1) is 0 Å². The summed E-state index contributed by atoms with van der Waals surface area (Å²) < 4.78 is 19.9. The minimum absolute atomic E-state index is 0.0545. The Bertz CT molecular complexity index is 1610. The van der Waals surface area contributed by atoms with E-state index in [9.17, 15) is 9.50 Å². The number of hydrogen-bond acceptors (Lipinski definition) is 5. The molecule has 3 heterocycles. The molecule has 5 aromatic rings. The fourth-order valence-corrected chi connectivity index (χ4v) is 5.83. The van der Waals surface area contributed by atoms with Crippen LogP contribution in [0.2, 0.25) is 0 Å². The largest absolute Gasteiger partial charge is 0.508 e. The number of phenols is 1. The van der Waals surface area contributed by atoms with Crippen LogP contribution < -0.4 is 4.90 Å². The highest BCUT2D eigenvalue weighted by Crippen LogP contribution is 2.40. The smallest absolute Gasteiger partial charge is 0.129 e. The fourth-order valence-electron chi connectivity index (χ4n) is 5.83. The van der Waals surface area contributed by atoms with Crippen LogP contribution in [0.15, 0.2) is 84.9 Å². The number of H-pyrrole nitrogens is 1. The highest BCUT2D eigenvalue weighted by Gasteiger charge is 2.32. The molecule has 6 nitrogen and oxygen atoms in total. The zero-order valence-corrected chi connectivity index (χ0v) is 21.5. The first kappa shape index (κ1) is 23.9. The number of aromatic hydroxyl groups is 1. The molecule has 0 spiro atoms. The predicted octanol–water partition coefficient (Wildman–Crippen LogP) is 6.02. The molecule has 1 unspecified atom stereocenters. The van der Waals surface area contributed by atoms with Gasteiger partial charge in [0.2, 0.25) is 0 Å². The standard InChI is InChI=1S/C32H29FN4O2/c33-25-9-12-30(38)27(18-25)31(32-34-28-3-1-2-4-29(28)35-32)37-19-23-6-5-22(17-24(23)20-37)21-7-10-26(11-8-21)36-13-15-39-16-14-36/h1-12,17-18,31,38H,13-16,19-20H2,(H,34,35). The first-order chi connectivity index (χ1) is 19.1. The van der Waals surface area contributed by atoms with Crippen LogP contribution in [0.5, 0.6) is 5.75 Å². The van der Waals surface area contributed by atoms with E-state index < -0.39 is 6.04 Å². The molecule has 1 saturated heterocycles. The van der Waals surface area contributed by atoms with Gasteiger partial charge >= 0.3 is 0 Å². The SMILES string of the molecule is Oc1ccc(F)cc1C(c1nc2ccccc2[nH]1)N1Cc2ccc(-c3ccc(N4CCOCC4)cc3)cc2C1. The van der Waals surface area contributed by atoms with Gasteiger partial charge in [0, 0.05) is 37.4 Å². The summed E-state index contributed by atoms with van der Waals surface area (Å²) in [6.07, 6.45) is 0. The minimum atomic E-state index is -0.434. The number of halogens is 1. The van der Waals surface area contributed by atoms with Crippen LogP contribution in [0, 0.1) is 5.82 Å². The Hall–Kier alpha value is -4.20. The number of para-hydroxylation sites is 2. The lowest BCUT2D eigenvalue weighted by molar-refractivity contribution is 0.122. The van der Waals surface area contributed by atoms with Crippen LogP contribution >= 0.6 is 0 Å². The molecule has 1 aromatic heterocycles. The first-order valence-corrected chi connectivity index (χ1v) is 13.3. The Labute approximate surface area is 226 Å². The van der Waals surface area contributed by atoms with Crippen molar-refractivity contribution in [3.63, 3.8) is 0 Å². The third-order valence-electron chi connectivity index (χ3n) is 7.85.